The van der Waals surface area contributed by atoms with Crippen LogP contribution in [0.1, 0.15) is 24.5 Å². The van der Waals surface area contributed by atoms with Gasteiger partial charge < -0.3 is 19.9 Å². The number of hydrogen-bond donors (Lipinski definition) is 2. The van der Waals surface area contributed by atoms with Crippen molar-refractivity contribution in [3.05, 3.63) is 48.0 Å². The number of aromatic nitrogens is 2. The van der Waals surface area contributed by atoms with Crippen LogP contribution in [0.3, 0.4) is 0 Å². The highest BCUT2D eigenvalue weighted by atomic mass is 19.1. The summed E-state index contributed by atoms with van der Waals surface area (Å²) in [4.78, 5) is 21.8. The van der Waals surface area contributed by atoms with Gasteiger partial charge in [-0.25, -0.2) is 14.2 Å². The number of methoxy groups -OCH3 is 1. The van der Waals surface area contributed by atoms with Gasteiger partial charge in [0.2, 0.25) is 0 Å². The van der Waals surface area contributed by atoms with Gasteiger partial charge in [-0.1, -0.05) is 0 Å². The average Bonchev–Trinajstić information content (AvgIpc) is 3.45. The topological polar surface area (TPSA) is 70.2 Å². The molecule has 156 valence electrons. The third-order valence-electron chi connectivity index (χ3n) is 6.70. The molecule has 7 heteroatoms. The lowest BCUT2D eigenvalue weighted by molar-refractivity contribution is 0.207. The van der Waals surface area contributed by atoms with E-state index in [1.54, 1.807) is 26.4 Å². The molecule has 0 radical (unpaired) electrons. The van der Waals surface area contributed by atoms with E-state index in [1.165, 1.54) is 17.8 Å². The molecule has 1 aliphatic heterocycles. The number of benzene rings is 1. The smallest absolute Gasteiger partial charge is 0.317 e. The van der Waals surface area contributed by atoms with Gasteiger partial charge in [-0.15, -0.1) is 0 Å². The quantitative estimate of drug-likeness (QED) is 0.684. The minimum Gasteiger partial charge on any atom is -0.496 e. The summed E-state index contributed by atoms with van der Waals surface area (Å²) in [5, 5.41) is 3.70. The van der Waals surface area contributed by atoms with Gasteiger partial charge in [0.1, 0.15) is 17.2 Å². The zero-order valence-corrected chi connectivity index (χ0v) is 17.1. The number of nitrogens with zero attached hydrogens (tertiary/aromatic N) is 2. The van der Waals surface area contributed by atoms with Crippen LogP contribution in [-0.4, -0.2) is 48.1 Å². The number of urea groups is 1. The Morgan fingerprint density at radius 2 is 1.97 bits per heavy atom. The molecule has 2 N–H and O–H groups in total. The fourth-order valence-corrected chi connectivity index (χ4v) is 5.27. The van der Waals surface area contributed by atoms with E-state index in [9.17, 15) is 9.18 Å². The molecule has 2 fully saturated rings. The standard InChI is InChI=1S/C23H25FN4O2/c1-25-23(29)28-11-14-7-13(8-15(14)12-28)20-10-19-17(5-6-26-22(19)27-20)18-9-16(24)3-4-21(18)30-2/h3-6,9-10,13-15H,7-8,11-12H2,1-2H3,(H,25,29)(H,26,27)/t13-,14-,15+. The van der Waals surface area contributed by atoms with Crippen LogP contribution in [0.15, 0.2) is 36.5 Å². The largest absolute Gasteiger partial charge is 0.496 e. The monoisotopic (exact) mass is 408 g/mol. The molecule has 5 rings (SSSR count). The second-order valence-electron chi connectivity index (χ2n) is 8.34. The van der Waals surface area contributed by atoms with Crippen molar-refractivity contribution in [3.8, 4) is 16.9 Å². The predicted molar refractivity (Wildman–Crippen MR) is 113 cm³/mol. The minimum atomic E-state index is -0.296. The molecule has 2 amide bonds. The Morgan fingerprint density at radius 3 is 2.67 bits per heavy atom. The maximum absolute atomic E-state index is 14.0. The Labute approximate surface area is 174 Å². The maximum atomic E-state index is 14.0. The van der Waals surface area contributed by atoms with Crippen LogP contribution >= 0.6 is 0 Å². The summed E-state index contributed by atoms with van der Waals surface area (Å²) in [6.07, 6.45) is 3.86. The molecular formula is C23H25FN4O2. The molecule has 2 aromatic heterocycles. The van der Waals surface area contributed by atoms with Gasteiger partial charge in [0, 0.05) is 43.0 Å². The van der Waals surface area contributed by atoms with Crippen molar-refractivity contribution in [3.63, 3.8) is 0 Å². The number of hydrogen-bond acceptors (Lipinski definition) is 3. The lowest BCUT2D eigenvalue weighted by atomic mass is 9.99. The zero-order chi connectivity index (χ0) is 20.8. The highest BCUT2D eigenvalue weighted by Gasteiger charge is 2.43. The van der Waals surface area contributed by atoms with Crippen molar-refractivity contribution < 1.29 is 13.9 Å². The number of likely N-dealkylation sites (tertiary alicyclic amines) is 1. The number of ether oxygens (including phenoxy) is 1. The van der Waals surface area contributed by atoms with Gasteiger partial charge in [-0.2, -0.15) is 0 Å². The van der Waals surface area contributed by atoms with Crippen LogP contribution in [-0.2, 0) is 0 Å². The first-order chi connectivity index (χ1) is 14.6. The number of amides is 2. The second-order valence-corrected chi connectivity index (χ2v) is 8.34. The van der Waals surface area contributed by atoms with Gasteiger partial charge in [-0.05, 0) is 66.5 Å². The van der Waals surface area contributed by atoms with Crippen molar-refractivity contribution in [2.75, 3.05) is 27.2 Å². The minimum absolute atomic E-state index is 0.0180. The number of carbonyl (C=O) groups is 1. The molecule has 3 aromatic rings. The maximum Gasteiger partial charge on any atom is 0.317 e. The molecule has 3 heterocycles. The Hall–Kier alpha value is -3.09. The average molecular weight is 408 g/mol. The molecule has 3 atom stereocenters. The highest BCUT2D eigenvalue weighted by molar-refractivity contribution is 5.95. The van der Waals surface area contributed by atoms with Crippen LogP contribution < -0.4 is 10.1 Å². The summed E-state index contributed by atoms with van der Waals surface area (Å²) in [5.74, 6) is 1.83. The van der Waals surface area contributed by atoms with E-state index < -0.39 is 0 Å². The van der Waals surface area contributed by atoms with Gasteiger partial charge in [0.05, 0.1) is 7.11 Å². The molecule has 0 unspecified atom stereocenters. The van der Waals surface area contributed by atoms with E-state index >= 15 is 0 Å². The number of rotatable bonds is 3. The first-order valence-corrected chi connectivity index (χ1v) is 10.4. The number of H-pyrrole nitrogens is 1. The van der Waals surface area contributed by atoms with Gasteiger partial charge in [0.25, 0.3) is 0 Å². The van der Waals surface area contributed by atoms with Crippen molar-refractivity contribution in [1.29, 1.82) is 0 Å². The Kier molecular flexibility index (Phi) is 4.60. The summed E-state index contributed by atoms with van der Waals surface area (Å²) in [7, 11) is 3.28. The molecule has 1 aliphatic carbocycles. The second kappa shape index (κ2) is 7.31. The third-order valence-corrected chi connectivity index (χ3v) is 6.70. The fraction of sp³-hybridized carbons (Fsp3) is 0.391. The summed E-state index contributed by atoms with van der Waals surface area (Å²) in [6, 6.07) is 8.65. The first-order valence-electron chi connectivity index (χ1n) is 10.4. The normalized spacial score (nSPS) is 23.0. The number of carbonyl (C=O) groups excluding carboxylic acids is 1. The zero-order valence-electron chi connectivity index (χ0n) is 17.1. The van der Waals surface area contributed by atoms with E-state index in [0.29, 0.717) is 23.5 Å². The lowest BCUT2D eigenvalue weighted by Gasteiger charge is -2.18. The van der Waals surface area contributed by atoms with Crippen LogP contribution in [0.2, 0.25) is 0 Å². The Bertz CT molecular complexity index is 1100. The van der Waals surface area contributed by atoms with E-state index in [0.717, 1.165) is 48.1 Å². The molecule has 0 bridgehead atoms. The van der Waals surface area contributed by atoms with Gasteiger partial charge >= 0.3 is 6.03 Å². The van der Waals surface area contributed by atoms with E-state index in [4.69, 9.17) is 4.74 Å². The van der Waals surface area contributed by atoms with Crippen molar-refractivity contribution >= 4 is 17.1 Å². The Balaban J connectivity index is 1.45. The highest BCUT2D eigenvalue weighted by Crippen LogP contribution is 2.47. The van der Waals surface area contributed by atoms with E-state index in [2.05, 4.69) is 21.4 Å². The summed E-state index contributed by atoms with van der Waals surface area (Å²) < 4.78 is 19.4. The molecule has 1 saturated heterocycles. The molecule has 30 heavy (non-hydrogen) atoms. The predicted octanol–water partition coefficient (Wildman–Crippen LogP) is 4.14. The number of aromatic amines is 1. The van der Waals surface area contributed by atoms with Crippen molar-refractivity contribution in [2.45, 2.75) is 18.8 Å². The molecule has 0 spiro atoms. The van der Waals surface area contributed by atoms with Crippen LogP contribution in [0.25, 0.3) is 22.2 Å². The Morgan fingerprint density at radius 1 is 1.20 bits per heavy atom. The number of fused-ring (bicyclic) bond motifs is 2. The van der Waals surface area contributed by atoms with Crippen LogP contribution in [0.4, 0.5) is 9.18 Å². The van der Waals surface area contributed by atoms with Crippen molar-refractivity contribution in [2.24, 2.45) is 11.8 Å². The lowest BCUT2D eigenvalue weighted by Crippen LogP contribution is -2.36. The summed E-state index contributed by atoms with van der Waals surface area (Å²) in [6.45, 7) is 1.65. The van der Waals surface area contributed by atoms with Crippen LogP contribution in [0, 0.1) is 17.7 Å². The molecule has 6 nitrogen and oxygen atoms in total. The van der Waals surface area contributed by atoms with Crippen molar-refractivity contribution in [1.82, 2.24) is 20.2 Å². The SMILES string of the molecule is CNC(=O)N1C[C@H]2C[C@@H](c3cc4c(-c5cc(F)ccc5OC)ccnc4[nH]3)C[C@H]2C1. The summed E-state index contributed by atoms with van der Waals surface area (Å²) >= 11 is 0. The first kappa shape index (κ1) is 18.9. The molecule has 1 aromatic carbocycles. The van der Waals surface area contributed by atoms with E-state index in [-0.39, 0.29) is 11.8 Å². The number of nitrogens with one attached hydrogen (secondary N) is 2. The fourth-order valence-electron chi connectivity index (χ4n) is 5.27. The van der Waals surface area contributed by atoms with Gasteiger partial charge in [0.15, 0.2) is 0 Å². The third kappa shape index (κ3) is 3.09. The van der Waals surface area contributed by atoms with E-state index in [1.807, 2.05) is 11.0 Å². The number of pyridine rings is 1. The molecular weight excluding hydrogens is 383 g/mol. The van der Waals surface area contributed by atoms with Crippen LogP contribution in [0.5, 0.6) is 5.75 Å². The summed E-state index contributed by atoms with van der Waals surface area (Å²) in [5.41, 5.74) is 3.60. The molecule has 2 aliphatic rings. The van der Waals surface area contributed by atoms with Gasteiger partial charge in [-0.3, -0.25) is 0 Å². The number of halogens is 1. The molecule has 1 saturated carbocycles.